The number of nitrogens with one attached hydrogen (secondary N) is 1. The van der Waals surface area contributed by atoms with Gasteiger partial charge in [-0.25, -0.2) is 9.97 Å². The molecule has 0 fully saturated rings. The second-order valence-corrected chi connectivity index (χ2v) is 6.63. The smallest absolute Gasteiger partial charge is 0.263 e. The number of imidazole rings is 1. The van der Waals surface area contributed by atoms with Crippen molar-refractivity contribution < 1.29 is 4.52 Å². The lowest BCUT2D eigenvalue weighted by Crippen LogP contribution is -2.15. The van der Waals surface area contributed by atoms with E-state index in [4.69, 9.17) is 4.52 Å². The van der Waals surface area contributed by atoms with Crippen molar-refractivity contribution >= 4 is 16.9 Å². The molecule has 3 heterocycles. The van der Waals surface area contributed by atoms with Crippen LogP contribution < -0.4 is 5.32 Å². The van der Waals surface area contributed by atoms with Crippen LogP contribution in [-0.4, -0.2) is 24.7 Å². The Bertz CT molecular complexity index is 1050. The minimum Gasteiger partial charge on any atom is -0.362 e. The maximum Gasteiger partial charge on any atom is 0.263 e. The molecule has 0 aliphatic carbocycles. The highest BCUT2D eigenvalue weighted by Crippen LogP contribution is 2.29. The van der Waals surface area contributed by atoms with Crippen molar-refractivity contribution in [1.82, 2.24) is 24.7 Å². The third-order valence-corrected chi connectivity index (χ3v) is 4.71. The summed E-state index contributed by atoms with van der Waals surface area (Å²) in [6.45, 7) is 6.63. The minimum absolute atomic E-state index is 0.0831. The predicted octanol–water partition coefficient (Wildman–Crippen LogP) is 3.98. The Morgan fingerprint density at radius 2 is 1.93 bits per heavy atom. The Hall–Kier alpha value is -3.22. The molecule has 0 saturated heterocycles. The van der Waals surface area contributed by atoms with Gasteiger partial charge < -0.3 is 14.4 Å². The topological polar surface area (TPSA) is 81.7 Å². The standard InChI is InChI=1S/C20H22N6O/c1-13-18-19(22-14(2)23-20(18)27-25-13)24-17(16-7-5-4-6-8-16)9-11-26-12-10-21-15(26)3/h4-8,10,12,17H,9,11H2,1-3H3,(H,22,23,24)/t17-/m0/s1. The van der Waals surface area contributed by atoms with Crippen molar-refractivity contribution in [1.29, 1.82) is 0 Å². The number of aromatic nitrogens is 5. The average molecular weight is 362 g/mol. The molecule has 7 heteroatoms. The molecule has 4 aromatic rings. The quantitative estimate of drug-likeness (QED) is 0.559. The van der Waals surface area contributed by atoms with Crippen LogP contribution in [0, 0.1) is 20.8 Å². The number of nitrogens with zero attached hydrogens (tertiary/aromatic N) is 5. The van der Waals surface area contributed by atoms with Gasteiger partial charge in [0.1, 0.15) is 22.9 Å². The van der Waals surface area contributed by atoms with E-state index >= 15 is 0 Å². The maximum atomic E-state index is 5.34. The van der Waals surface area contributed by atoms with Crippen LogP contribution in [0.1, 0.15) is 35.4 Å². The van der Waals surface area contributed by atoms with Gasteiger partial charge in [-0.1, -0.05) is 35.5 Å². The van der Waals surface area contributed by atoms with Gasteiger partial charge in [-0.2, -0.15) is 4.98 Å². The Balaban J connectivity index is 1.67. The number of benzene rings is 1. The van der Waals surface area contributed by atoms with Gasteiger partial charge in [-0.05, 0) is 32.8 Å². The molecule has 4 rings (SSSR count). The number of hydrogen-bond acceptors (Lipinski definition) is 6. The SMILES string of the molecule is Cc1nc(N[C@@H](CCn2ccnc2C)c2ccccc2)c2c(C)noc2n1. The van der Waals surface area contributed by atoms with Crippen LogP contribution in [0.4, 0.5) is 5.82 Å². The molecule has 0 aliphatic heterocycles. The van der Waals surface area contributed by atoms with Gasteiger partial charge in [0.05, 0.1) is 11.7 Å². The molecule has 0 saturated carbocycles. The van der Waals surface area contributed by atoms with Crippen LogP contribution in [0.2, 0.25) is 0 Å². The zero-order chi connectivity index (χ0) is 18.8. The second kappa shape index (κ2) is 7.19. The molecule has 0 bridgehead atoms. The number of anilines is 1. The van der Waals surface area contributed by atoms with Crippen molar-refractivity contribution in [3.63, 3.8) is 0 Å². The minimum atomic E-state index is 0.0831. The van der Waals surface area contributed by atoms with Crippen LogP contribution in [-0.2, 0) is 6.54 Å². The van der Waals surface area contributed by atoms with Crippen LogP contribution in [0.15, 0.2) is 47.2 Å². The fraction of sp³-hybridized carbons (Fsp3) is 0.300. The van der Waals surface area contributed by atoms with Gasteiger partial charge >= 0.3 is 0 Å². The van der Waals surface area contributed by atoms with E-state index < -0.39 is 0 Å². The fourth-order valence-electron chi connectivity index (χ4n) is 3.28. The van der Waals surface area contributed by atoms with Crippen LogP contribution >= 0.6 is 0 Å². The summed E-state index contributed by atoms with van der Waals surface area (Å²) in [6, 6.07) is 10.5. The monoisotopic (exact) mass is 362 g/mol. The average Bonchev–Trinajstić information content (AvgIpc) is 3.24. The predicted molar refractivity (Wildman–Crippen MR) is 103 cm³/mol. The Morgan fingerprint density at radius 1 is 1.11 bits per heavy atom. The third kappa shape index (κ3) is 3.53. The van der Waals surface area contributed by atoms with E-state index in [1.807, 2.05) is 39.2 Å². The van der Waals surface area contributed by atoms with E-state index in [0.717, 1.165) is 35.7 Å². The van der Waals surface area contributed by atoms with Crippen molar-refractivity contribution in [3.8, 4) is 0 Å². The fourth-order valence-corrected chi connectivity index (χ4v) is 3.28. The van der Waals surface area contributed by atoms with E-state index in [2.05, 4.69) is 54.3 Å². The van der Waals surface area contributed by atoms with Crippen molar-refractivity contribution in [3.05, 3.63) is 65.6 Å². The number of aryl methyl sites for hydroxylation is 4. The Kier molecular flexibility index (Phi) is 4.58. The number of hydrogen-bond donors (Lipinski definition) is 1. The molecule has 27 heavy (non-hydrogen) atoms. The summed E-state index contributed by atoms with van der Waals surface area (Å²) in [4.78, 5) is 13.3. The molecule has 138 valence electrons. The zero-order valence-electron chi connectivity index (χ0n) is 15.7. The molecule has 1 atom stereocenters. The molecule has 0 radical (unpaired) electrons. The van der Waals surface area contributed by atoms with E-state index in [9.17, 15) is 0 Å². The van der Waals surface area contributed by atoms with Gasteiger partial charge in [0.25, 0.3) is 5.71 Å². The van der Waals surface area contributed by atoms with E-state index in [1.165, 1.54) is 5.56 Å². The molecule has 1 N–H and O–H groups in total. The Morgan fingerprint density at radius 3 is 2.67 bits per heavy atom. The molecular formula is C20H22N6O. The largest absolute Gasteiger partial charge is 0.362 e. The highest BCUT2D eigenvalue weighted by Gasteiger charge is 2.18. The third-order valence-electron chi connectivity index (χ3n) is 4.71. The summed E-state index contributed by atoms with van der Waals surface area (Å²) in [5, 5.41) is 8.48. The van der Waals surface area contributed by atoms with Crippen LogP contribution in [0.25, 0.3) is 11.1 Å². The summed E-state index contributed by atoms with van der Waals surface area (Å²) in [5.74, 6) is 2.42. The summed E-state index contributed by atoms with van der Waals surface area (Å²) in [5.41, 5.74) is 2.50. The summed E-state index contributed by atoms with van der Waals surface area (Å²) in [6.07, 6.45) is 4.72. The summed E-state index contributed by atoms with van der Waals surface area (Å²) >= 11 is 0. The van der Waals surface area contributed by atoms with Gasteiger partial charge in [0.2, 0.25) is 0 Å². The molecule has 7 nitrogen and oxygen atoms in total. The van der Waals surface area contributed by atoms with Crippen molar-refractivity contribution in [2.45, 2.75) is 39.8 Å². The van der Waals surface area contributed by atoms with Crippen LogP contribution in [0.5, 0.6) is 0 Å². The van der Waals surface area contributed by atoms with Crippen molar-refractivity contribution in [2.75, 3.05) is 5.32 Å². The normalized spacial score (nSPS) is 12.4. The van der Waals surface area contributed by atoms with Crippen LogP contribution in [0.3, 0.4) is 0 Å². The van der Waals surface area contributed by atoms with E-state index in [-0.39, 0.29) is 6.04 Å². The maximum absolute atomic E-state index is 5.34. The highest BCUT2D eigenvalue weighted by molar-refractivity contribution is 5.87. The number of rotatable bonds is 6. The highest BCUT2D eigenvalue weighted by atomic mass is 16.5. The summed E-state index contributed by atoms with van der Waals surface area (Å²) in [7, 11) is 0. The second-order valence-electron chi connectivity index (χ2n) is 6.63. The first-order valence-corrected chi connectivity index (χ1v) is 9.01. The first-order valence-electron chi connectivity index (χ1n) is 9.01. The lowest BCUT2D eigenvalue weighted by molar-refractivity contribution is 0.442. The Labute approximate surface area is 157 Å². The van der Waals surface area contributed by atoms with Gasteiger partial charge in [0.15, 0.2) is 0 Å². The molecule has 0 unspecified atom stereocenters. The lowest BCUT2D eigenvalue weighted by Gasteiger charge is -2.21. The molecule has 0 aliphatic rings. The van der Waals surface area contributed by atoms with Gasteiger partial charge in [-0.15, -0.1) is 0 Å². The first kappa shape index (κ1) is 17.2. The zero-order valence-corrected chi connectivity index (χ0v) is 15.7. The van der Waals surface area contributed by atoms with E-state index in [0.29, 0.717) is 11.5 Å². The van der Waals surface area contributed by atoms with E-state index in [1.54, 1.807) is 0 Å². The molecule has 0 spiro atoms. The van der Waals surface area contributed by atoms with Gasteiger partial charge in [-0.3, -0.25) is 0 Å². The molecular weight excluding hydrogens is 340 g/mol. The summed E-state index contributed by atoms with van der Waals surface area (Å²) < 4.78 is 7.49. The molecule has 1 aromatic carbocycles. The first-order chi connectivity index (χ1) is 13.1. The lowest BCUT2D eigenvalue weighted by atomic mass is 10.0. The number of fused-ring (bicyclic) bond motifs is 1. The van der Waals surface area contributed by atoms with Crippen molar-refractivity contribution in [2.24, 2.45) is 0 Å². The van der Waals surface area contributed by atoms with Gasteiger partial charge in [0, 0.05) is 18.9 Å². The molecule has 0 amide bonds. The molecule has 3 aromatic heterocycles.